The van der Waals surface area contributed by atoms with Gasteiger partial charge in [-0.25, -0.2) is 4.98 Å². The Morgan fingerprint density at radius 2 is 2.35 bits per heavy atom. The van der Waals surface area contributed by atoms with Crippen molar-refractivity contribution in [3.8, 4) is 0 Å². The van der Waals surface area contributed by atoms with Gasteiger partial charge in [-0.15, -0.1) is 11.3 Å². The molecule has 3 N–H and O–H groups in total. The molecule has 2 rings (SSSR count). The van der Waals surface area contributed by atoms with Gasteiger partial charge in [0.15, 0.2) is 0 Å². The summed E-state index contributed by atoms with van der Waals surface area (Å²) in [6, 6.07) is 5.31. The summed E-state index contributed by atoms with van der Waals surface area (Å²) in [7, 11) is 0. The molecule has 1 aromatic heterocycles. The normalized spacial score (nSPS) is 10.2. The number of aromatic nitrogens is 1. The largest absolute Gasteiger partial charge is 0.399 e. The molecule has 1 amide bonds. The first-order valence-corrected chi connectivity index (χ1v) is 6.07. The van der Waals surface area contributed by atoms with Gasteiger partial charge in [0.25, 0.3) is 5.91 Å². The minimum absolute atomic E-state index is 0.120. The molecule has 4 nitrogen and oxygen atoms in total. The molecular weight excluding hydrogens is 234 g/mol. The van der Waals surface area contributed by atoms with Gasteiger partial charge in [-0.1, -0.05) is 6.07 Å². The van der Waals surface area contributed by atoms with Crippen LogP contribution in [0, 0.1) is 6.92 Å². The predicted octanol–water partition coefficient (Wildman–Crippen LogP) is 1.96. The van der Waals surface area contributed by atoms with E-state index in [0.29, 0.717) is 17.8 Å². The van der Waals surface area contributed by atoms with Crippen molar-refractivity contribution in [1.29, 1.82) is 0 Å². The zero-order chi connectivity index (χ0) is 12.3. The van der Waals surface area contributed by atoms with Gasteiger partial charge in [-0.2, -0.15) is 0 Å². The van der Waals surface area contributed by atoms with Crippen LogP contribution in [-0.2, 0) is 6.54 Å². The van der Waals surface area contributed by atoms with Crippen LogP contribution in [0.4, 0.5) is 5.69 Å². The maximum Gasteiger partial charge on any atom is 0.251 e. The molecule has 0 saturated carbocycles. The van der Waals surface area contributed by atoms with E-state index in [1.54, 1.807) is 18.3 Å². The third-order valence-electron chi connectivity index (χ3n) is 2.39. The first kappa shape index (κ1) is 11.6. The third kappa shape index (κ3) is 2.82. The number of hydrogen-bond acceptors (Lipinski definition) is 4. The molecule has 1 aromatic carbocycles. The number of nitrogen functional groups attached to an aromatic ring is 1. The minimum Gasteiger partial charge on any atom is -0.399 e. The Morgan fingerprint density at radius 1 is 1.53 bits per heavy atom. The molecule has 88 valence electrons. The van der Waals surface area contributed by atoms with Crippen LogP contribution >= 0.6 is 11.3 Å². The Morgan fingerprint density at radius 3 is 3.06 bits per heavy atom. The molecule has 0 fully saturated rings. The Hall–Kier alpha value is -1.88. The Labute approximate surface area is 103 Å². The van der Waals surface area contributed by atoms with Crippen LogP contribution in [-0.4, -0.2) is 10.9 Å². The summed E-state index contributed by atoms with van der Waals surface area (Å²) < 4.78 is 0. The van der Waals surface area contributed by atoms with Crippen molar-refractivity contribution in [2.24, 2.45) is 0 Å². The summed E-state index contributed by atoms with van der Waals surface area (Å²) in [4.78, 5) is 16.0. The molecule has 0 atom stereocenters. The fourth-order valence-electron chi connectivity index (χ4n) is 1.48. The third-order valence-corrected chi connectivity index (χ3v) is 3.17. The van der Waals surface area contributed by atoms with E-state index >= 15 is 0 Å². The van der Waals surface area contributed by atoms with Gasteiger partial charge in [0.2, 0.25) is 0 Å². The second-order valence-corrected chi connectivity index (χ2v) is 4.66. The van der Waals surface area contributed by atoms with E-state index in [1.165, 1.54) is 11.3 Å². The Bertz CT molecular complexity index is 523. The topological polar surface area (TPSA) is 68.0 Å². The molecular formula is C12H13N3OS. The van der Waals surface area contributed by atoms with E-state index in [0.717, 1.165) is 10.6 Å². The number of anilines is 1. The van der Waals surface area contributed by atoms with Crippen molar-refractivity contribution >= 4 is 22.9 Å². The van der Waals surface area contributed by atoms with Crippen molar-refractivity contribution in [2.45, 2.75) is 13.5 Å². The lowest BCUT2D eigenvalue weighted by molar-refractivity contribution is 0.0950. The highest BCUT2D eigenvalue weighted by molar-refractivity contribution is 7.09. The second kappa shape index (κ2) is 4.97. The van der Waals surface area contributed by atoms with Gasteiger partial charge < -0.3 is 11.1 Å². The maximum atomic E-state index is 11.9. The molecule has 17 heavy (non-hydrogen) atoms. The molecule has 5 heteroatoms. The SMILES string of the molecule is Cc1ccc(N)cc1C(=O)NCc1nccs1. The summed E-state index contributed by atoms with van der Waals surface area (Å²) in [5.41, 5.74) is 7.78. The van der Waals surface area contributed by atoms with Crippen LogP contribution in [0.5, 0.6) is 0 Å². The van der Waals surface area contributed by atoms with E-state index in [4.69, 9.17) is 5.73 Å². The summed E-state index contributed by atoms with van der Waals surface area (Å²) in [5, 5.41) is 5.59. The van der Waals surface area contributed by atoms with E-state index in [2.05, 4.69) is 10.3 Å². The summed E-state index contributed by atoms with van der Waals surface area (Å²) in [6.07, 6.45) is 1.72. The molecule has 0 bridgehead atoms. The molecule has 0 saturated heterocycles. The molecule has 0 aliphatic rings. The summed E-state index contributed by atoms with van der Waals surface area (Å²) >= 11 is 1.52. The molecule has 2 aromatic rings. The van der Waals surface area contributed by atoms with E-state index < -0.39 is 0 Å². The number of thiazole rings is 1. The highest BCUT2D eigenvalue weighted by Gasteiger charge is 2.09. The number of nitrogens with two attached hydrogens (primary N) is 1. The van der Waals surface area contributed by atoms with Crippen LogP contribution in [0.15, 0.2) is 29.8 Å². The van der Waals surface area contributed by atoms with E-state index in [1.807, 2.05) is 18.4 Å². The molecule has 0 spiro atoms. The van der Waals surface area contributed by atoms with Gasteiger partial charge in [0.1, 0.15) is 5.01 Å². The Kier molecular flexibility index (Phi) is 3.39. The lowest BCUT2D eigenvalue weighted by Crippen LogP contribution is -2.23. The van der Waals surface area contributed by atoms with Crippen LogP contribution in [0.3, 0.4) is 0 Å². The molecule has 0 radical (unpaired) electrons. The number of aryl methyl sites for hydroxylation is 1. The van der Waals surface area contributed by atoms with Crippen molar-refractivity contribution < 1.29 is 4.79 Å². The molecule has 0 aliphatic heterocycles. The van der Waals surface area contributed by atoms with E-state index in [9.17, 15) is 4.79 Å². The zero-order valence-electron chi connectivity index (χ0n) is 9.43. The monoisotopic (exact) mass is 247 g/mol. The smallest absolute Gasteiger partial charge is 0.251 e. The number of rotatable bonds is 3. The predicted molar refractivity (Wildman–Crippen MR) is 68.9 cm³/mol. The molecule has 0 unspecified atom stereocenters. The van der Waals surface area contributed by atoms with Gasteiger partial charge in [0.05, 0.1) is 6.54 Å². The van der Waals surface area contributed by atoms with Gasteiger partial charge in [0, 0.05) is 22.8 Å². The summed E-state index contributed by atoms with van der Waals surface area (Å²) in [5.74, 6) is -0.120. The average Bonchev–Trinajstić information content (AvgIpc) is 2.82. The highest BCUT2D eigenvalue weighted by Crippen LogP contribution is 2.13. The van der Waals surface area contributed by atoms with Crippen molar-refractivity contribution in [3.05, 3.63) is 45.9 Å². The Balaban J connectivity index is 2.07. The number of amides is 1. The number of hydrogen-bond donors (Lipinski definition) is 2. The van der Waals surface area contributed by atoms with Crippen LogP contribution < -0.4 is 11.1 Å². The zero-order valence-corrected chi connectivity index (χ0v) is 10.3. The van der Waals surface area contributed by atoms with Crippen LogP contribution in [0.25, 0.3) is 0 Å². The lowest BCUT2D eigenvalue weighted by Gasteiger charge is -2.07. The number of nitrogens with zero attached hydrogens (tertiary/aromatic N) is 1. The summed E-state index contributed by atoms with van der Waals surface area (Å²) in [6.45, 7) is 2.34. The second-order valence-electron chi connectivity index (χ2n) is 3.68. The van der Waals surface area contributed by atoms with Gasteiger partial charge in [-0.3, -0.25) is 4.79 Å². The standard InChI is InChI=1S/C12H13N3OS/c1-8-2-3-9(13)6-10(8)12(16)15-7-11-14-4-5-17-11/h2-6H,7,13H2,1H3,(H,15,16). The molecule has 1 heterocycles. The first-order chi connectivity index (χ1) is 8.16. The van der Waals surface area contributed by atoms with Crippen molar-refractivity contribution in [1.82, 2.24) is 10.3 Å². The number of carbonyl (C=O) groups excluding carboxylic acids is 1. The average molecular weight is 247 g/mol. The fraction of sp³-hybridized carbons (Fsp3) is 0.167. The fourth-order valence-corrected chi connectivity index (χ4v) is 2.03. The number of benzene rings is 1. The van der Waals surface area contributed by atoms with Gasteiger partial charge in [-0.05, 0) is 24.6 Å². The highest BCUT2D eigenvalue weighted by atomic mass is 32.1. The van der Waals surface area contributed by atoms with Crippen molar-refractivity contribution in [3.63, 3.8) is 0 Å². The van der Waals surface area contributed by atoms with Crippen LogP contribution in [0.2, 0.25) is 0 Å². The quantitative estimate of drug-likeness (QED) is 0.815. The number of carbonyl (C=O) groups is 1. The molecule has 0 aliphatic carbocycles. The first-order valence-electron chi connectivity index (χ1n) is 5.19. The maximum absolute atomic E-state index is 11.9. The van der Waals surface area contributed by atoms with E-state index in [-0.39, 0.29) is 5.91 Å². The van der Waals surface area contributed by atoms with Gasteiger partial charge >= 0.3 is 0 Å². The number of nitrogens with one attached hydrogen (secondary N) is 1. The minimum atomic E-state index is -0.120. The lowest BCUT2D eigenvalue weighted by atomic mass is 10.1. The van der Waals surface area contributed by atoms with Crippen LogP contribution in [0.1, 0.15) is 20.9 Å². The van der Waals surface area contributed by atoms with Crippen molar-refractivity contribution in [2.75, 3.05) is 5.73 Å².